The number of rotatable bonds is 5. The first kappa shape index (κ1) is 15.9. The zero-order valence-electron chi connectivity index (χ0n) is 14.3. The van der Waals surface area contributed by atoms with Crippen LogP contribution >= 0.6 is 0 Å². The molecule has 25 heavy (non-hydrogen) atoms. The van der Waals surface area contributed by atoms with E-state index in [0.29, 0.717) is 6.04 Å². The highest BCUT2D eigenvalue weighted by atomic mass is 15.2. The summed E-state index contributed by atoms with van der Waals surface area (Å²) in [4.78, 5) is 7.19. The highest BCUT2D eigenvalue weighted by Crippen LogP contribution is 2.33. The van der Waals surface area contributed by atoms with E-state index >= 15 is 0 Å². The van der Waals surface area contributed by atoms with Crippen molar-refractivity contribution >= 4 is 11.5 Å². The van der Waals surface area contributed by atoms with E-state index in [0.717, 1.165) is 24.6 Å². The van der Waals surface area contributed by atoms with Crippen molar-refractivity contribution in [1.29, 1.82) is 0 Å². The van der Waals surface area contributed by atoms with Crippen LogP contribution in [-0.4, -0.2) is 16.4 Å². The van der Waals surface area contributed by atoms with Crippen molar-refractivity contribution in [1.82, 2.24) is 9.88 Å². The van der Waals surface area contributed by atoms with E-state index in [4.69, 9.17) is 0 Å². The third-order valence-corrected chi connectivity index (χ3v) is 4.81. The maximum absolute atomic E-state index is 4.62. The van der Waals surface area contributed by atoms with E-state index < -0.39 is 0 Å². The fraction of sp³-hybridized carbons (Fsp3) is 0.227. The molecule has 0 aliphatic carbocycles. The van der Waals surface area contributed by atoms with Gasteiger partial charge in [-0.1, -0.05) is 54.6 Å². The molecule has 1 saturated heterocycles. The number of anilines is 2. The first-order chi connectivity index (χ1) is 12.4. The molecule has 0 bridgehead atoms. The van der Waals surface area contributed by atoms with Gasteiger partial charge in [-0.15, -0.1) is 0 Å². The minimum atomic E-state index is 0.471. The summed E-state index contributed by atoms with van der Waals surface area (Å²) in [6.45, 7) is 2.17. The number of likely N-dealkylation sites (tertiary alicyclic amines) is 1. The standard InChI is InChI=1S/C22H23N3/c1-3-8-18(9-4-1)17-25-15-7-12-21(25)19-13-14-22(23-16-19)24-20-10-5-2-6-11-20/h1-6,8-11,13-14,16,21H,7,12,15,17H2,(H,23,24)/t21-/m0/s1. The number of aromatic nitrogens is 1. The molecule has 0 amide bonds. The van der Waals surface area contributed by atoms with E-state index in [1.54, 1.807) is 0 Å². The molecule has 0 unspecified atom stereocenters. The molecule has 1 atom stereocenters. The fourth-order valence-corrected chi connectivity index (χ4v) is 3.56. The Morgan fingerprint density at radius 3 is 2.40 bits per heavy atom. The Bertz CT molecular complexity index is 785. The molecule has 2 aromatic carbocycles. The molecule has 0 saturated carbocycles. The molecule has 3 nitrogen and oxygen atoms in total. The van der Waals surface area contributed by atoms with Crippen molar-refractivity contribution in [3.63, 3.8) is 0 Å². The summed E-state index contributed by atoms with van der Waals surface area (Å²) in [6, 6.07) is 25.7. The van der Waals surface area contributed by atoms with Crippen molar-refractivity contribution in [2.24, 2.45) is 0 Å². The molecule has 3 aromatic rings. The van der Waals surface area contributed by atoms with Crippen LogP contribution in [0.2, 0.25) is 0 Å². The number of nitrogens with one attached hydrogen (secondary N) is 1. The maximum Gasteiger partial charge on any atom is 0.130 e. The normalized spacial score (nSPS) is 17.5. The lowest BCUT2D eigenvalue weighted by molar-refractivity contribution is 0.248. The predicted octanol–water partition coefficient (Wildman–Crippen LogP) is 5.16. The Morgan fingerprint density at radius 2 is 1.68 bits per heavy atom. The van der Waals surface area contributed by atoms with Crippen LogP contribution in [0.3, 0.4) is 0 Å². The van der Waals surface area contributed by atoms with Gasteiger partial charge in [-0.25, -0.2) is 4.98 Å². The summed E-state index contributed by atoms with van der Waals surface area (Å²) in [7, 11) is 0. The Morgan fingerprint density at radius 1 is 0.920 bits per heavy atom. The monoisotopic (exact) mass is 329 g/mol. The van der Waals surface area contributed by atoms with Crippen LogP contribution < -0.4 is 5.32 Å². The van der Waals surface area contributed by atoms with E-state index in [1.807, 2.05) is 36.5 Å². The van der Waals surface area contributed by atoms with Gasteiger partial charge in [0.25, 0.3) is 0 Å². The molecule has 1 N–H and O–H groups in total. The molecule has 3 heteroatoms. The topological polar surface area (TPSA) is 28.2 Å². The average molecular weight is 329 g/mol. The van der Waals surface area contributed by atoms with Gasteiger partial charge < -0.3 is 5.32 Å². The van der Waals surface area contributed by atoms with Gasteiger partial charge in [-0.3, -0.25) is 4.90 Å². The highest BCUT2D eigenvalue weighted by Gasteiger charge is 2.26. The first-order valence-corrected chi connectivity index (χ1v) is 8.94. The Labute approximate surface area is 149 Å². The van der Waals surface area contributed by atoms with Gasteiger partial charge in [0.1, 0.15) is 5.82 Å². The molecular formula is C22H23N3. The van der Waals surface area contributed by atoms with Crippen molar-refractivity contribution < 1.29 is 0 Å². The first-order valence-electron chi connectivity index (χ1n) is 8.94. The molecule has 4 rings (SSSR count). The van der Waals surface area contributed by atoms with Gasteiger partial charge >= 0.3 is 0 Å². The molecule has 1 aliphatic heterocycles. The van der Waals surface area contributed by atoms with Crippen molar-refractivity contribution in [3.05, 3.63) is 90.1 Å². The van der Waals surface area contributed by atoms with E-state index in [-0.39, 0.29) is 0 Å². The van der Waals surface area contributed by atoms with Gasteiger partial charge in [-0.2, -0.15) is 0 Å². The second-order valence-corrected chi connectivity index (χ2v) is 6.58. The Kier molecular flexibility index (Phi) is 4.75. The summed E-state index contributed by atoms with van der Waals surface area (Å²) in [5.41, 5.74) is 3.76. The molecule has 2 heterocycles. The van der Waals surface area contributed by atoms with Gasteiger partial charge in [-0.05, 0) is 48.7 Å². The maximum atomic E-state index is 4.62. The lowest BCUT2D eigenvalue weighted by Gasteiger charge is -2.24. The summed E-state index contributed by atoms with van der Waals surface area (Å²) >= 11 is 0. The quantitative estimate of drug-likeness (QED) is 0.700. The second-order valence-electron chi connectivity index (χ2n) is 6.58. The van der Waals surface area contributed by atoms with Crippen LogP contribution in [0.25, 0.3) is 0 Å². The zero-order chi connectivity index (χ0) is 16.9. The van der Waals surface area contributed by atoms with Gasteiger partial charge in [0.15, 0.2) is 0 Å². The third-order valence-electron chi connectivity index (χ3n) is 4.81. The molecule has 0 radical (unpaired) electrons. The molecule has 126 valence electrons. The van der Waals surface area contributed by atoms with Crippen LogP contribution in [0.5, 0.6) is 0 Å². The molecular weight excluding hydrogens is 306 g/mol. The van der Waals surface area contributed by atoms with E-state index in [9.17, 15) is 0 Å². The van der Waals surface area contributed by atoms with Crippen LogP contribution in [-0.2, 0) is 6.54 Å². The van der Waals surface area contributed by atoms with E-state index in [2.05, 4.69) is 57.7 Å². The molecule has 0 spiro atoms. The average Bonchev–Trinajstić information content (AvgIpc) is 3.12. The van der Waals surface area contributed by atoms with Crippen molar-refractivity contribution in [2.45, 2.75) is 25.4 Å². The largest absolute Gasteiger partial charge is 0.340 e. The number of pyridine rings is 1. The minimum Gasteiger partial charge on any atom is -0.340 e. The molecule has 1 aliphatic rings. The minimum absolute atomic E-state index is 0.471. The van der Waals surface area contributed by atoms with Crippen LogP contribution in [0.1, 0.15) is 30.0 Å². The van der Waals surface area contributed by atoms with Gasteiger partial charge in [0.2, 0.25) is 0 Å². The van der Waals surface area contributed by atoms with Crippen LogP contribution in [0.15, 0.2) is 79.0 Å². The number of hydrogen-bond acceptors (Lipinski definition) is 3. The number of benzene rings is 2. The smallest absolute Gasteiger partial charge is 0.130 e. The second kappa shape index (κ2) is 7.49. The lowest BCUT2D eigenvalue weighted by Crippen LogP contribution is -2.22. The summed E-state index contributed by atoms with van der Waals surface area (Å²) < 4.78 is 0. The molecule has 1 aromatic heterocycles. The van der Waals surface area contributed by atoms with Gasteiger partial charge in [0.05, 0.1) is 0 Å². The van der Waals surface area contributed by atoms with Gasteiger partial charge in [0, 0.05) is 24.5 Å². The van der Waals surface area contributed by atoms with Crippen molar-refractivity contribution in [2.75, 3.05) is 11.9 Å². The zero-order valence-corrected chi connectivity index (χ0v) is 14.3. The lowest BCUT2D eigenvalue weighted by atomic mass is 10.1. The number of para-hydroxylation sites is 1. The Hall–Kier alpha value is -2.65. The Balaban J connectivity index is 1.45. The molecule has 1 fully saturated rings. The summed E-state index contributed by atoms with van der Waals surface area (Å²) in [5, 5.41) is 3.35. The van der Waals surface area contributed by atoms with Crippen molar-refractivity contribution in [3.8, 4) is 0 Å². The SMILES string of the molecule is c1ccc(CN2CCC[C@H]2c2ccc(Nc3ccccc3)nc2)cc1. The third kappa shape index (κ3) is 3.89. The summed E-state index contributed by atoms with van der Waals surface area (Å²) in [6.07, 6.45) is 4.49. The van der Waals surface area contributed by atoms with Crippen LogP contribution in [0.4, 0.5) is 11.5 Å². The highest BCUT2D eigenvalue weighted by molar-refractivity contribution is 5.55. The predicted molar refractivity (Wildman–Crippen MR) is 103 cm³/mol. The van der Waals surface area contributed by atoms with Crippen LogP contribution in [0, 0.1) is 0 Å². The number of hydrogen-bond donors (Lipinski definition) is 1. The number of nitrogens with zero attached hydrogens (tertiary/aromatic N) is 2. The fourth-order valence-electron chi connectivity index (χ4n) is 3.56. The van der Waals surface area contributed by atoms with E-state index in [1.165, 1.54) is 24.0 Å². The summed E-state index contributed by atoms with van der Waals surface area (Å²) in [5.74, 6) is 0.891.